The van der Waals surface area contributed by atoms with Crippen molar-refractivity contribution in [1.82, 2.24) is 4.90 Å². The lowest BCUT2D eigenvalue weighted by Crippen LogP contribution is -2.36. The number of fused-ring (bicyclic) bond motifs is 1. The number of carbonyl (C=O) groups is 1. The molecule has 0 saturated carbocycles. The van der Waals surface area contributed by atoms with Gasteiger partial charge in [-0.1, -0.05) is 6.07 Å². The van der Waals surface area contributed by atoms with Crippen LogP contribution in [0.2, 0.25) is 0 Å². The number of hydrogen-bond donors (Lipinski definition) is 0. The summed E-state index contributed by atoms with van der Waals surface area (Å²) in [7, 11) is 0. The van der Waals surface area contributed by atoms with Crippen molar-refractivity contribution in [2.75, 3.05) is 0 Å². The van der Waals surface area contributed by atoms with E-state index in [9.17, 15) is 4.79 Å². The molecule has 106 valence electrons. The molecule has 1 aromatic carbocycles. The van der Waals surface area contributed by atoms with Gasteiger partial charge in [0.15, 0.2) is 0 Å². The monoisotopic (exact) mass is 272 g/mol. The Balaban J connectivity index is 2.32. The average Bonchev–Trinajstić information content (AvgIpc) is 2.59. The Hall–Kier alpha value is -2.02. The van der Waals surface area contributed by atoms with Crippen molar-refractivity contribution in [1.29, 1.82) is 5.26 Å². The fraction of sp³-hybridized carbons (Fsp3) is 0.500. The molecule has 2 atom stereocenters. The lowest BCUT2D eigenvalue weighted by molar-refractivity contribution is 0.0125. The number of amides is 1. The highest BCUT2D eigenvalue weighted by atomic mass is 16.6. The molecule has 2 rings (SSSR count). The Bertz CT molecular complexity index is 581. The van der Waals surface area contributed by atoms with E-state index >= 15 is 0 Å². The lowest BCUT2D eigenvalue weighted by Gasteiger charge is -2.30. The predicted molar refractivity (Wildman–Crippen MR) is 76.1 cm³/mol. The number of nitrogens with zero attached hydrogens (tertiary/aromatic N) is 2. The minimum atomic E-state index is -0.511. The molecule has 4 nitrogen and oxygen atoms in total. The predicted octanol–water partition coefficient (Wildman–Crippen LogP) is 3.93. The second kappa shape index (κ2) is 4.82. The summed E-state index contributed by atoms with van der Waals surface area (Å²) in [4.78, 5) is 14.1. The first-order valence-electron chi connectivity index (χ1n) is 6.80. The van der Waals surface area contributed by atoms with Gasteiger partial charge in [0.1, 0.15) is 5.60 Å². The molecule has 0 aromatic heterocycles. The molecule has 2 unspecified atom stereocenters. The Labute approximate surface area is 120 Å². The van der Waals surface area contributed by atoms with E-state index in [0.29, 0.717) is 5.56 Å². The average molecular weight is 272 g/mol. The van der Waals surface area contributed by atoms with Gasteiger partial charge < -0.3 is 4.74 Å². The molecule has 1 aliphatic heterocycles. The Kier molecular flexibility index (Phi) is 3.47. The van der Waals surface area contributed by atoms with Crippen molar-refractivity contribution >= 4 is 6.09 Å². The molecule has 0 saturated heterocycles. The fourth-order valence-electron chi connectivity index (χ4n) is 2.65. The summed E-state index contributed by atoms with van der Waals surface area (Å²) in [5.74, 6) is 0. The maximum Gasteiger partial charge on any atom is 0.411 e. The third kappa shape index (κ3) is 2.49. The van der Waals surface area contributed by atoms with Gasteiger partial charge >= 0.3 is 6.09 Å². The number of rotatable bonds is 0. The first-order chi connectivity index (χ1) is 9.24. The zero-order valence-corrected chi connectivity index (χ0v) is 12.6. The van der Waals surface area contributed by atoms with Crippen LogP contribution in [-0.2, 0) is 4.74 Å². The molecule has 0 spiro atoms. The molecule has 0 N–H and O–H groups in total. The molecule has 1 amide bonds. The molecule has 0 aliphatic carbocycles. The summed E-state index contributed by atoms with van der Waals surface area (Å²) in [5, 5.41) is 8.99. The van der Waals surface area contributed by atoms with E-state index in [4.69, 9.17) is 10.00 Å². The van der Waals surface area contributed by atoms with Crippen LogP contribution < -0.4 is 0 Å². The molecule has 0 radical (unpaired) electrons. The SMILES string of the molecule is CC1c2ccc(C#N)cc2C(C)N1C(=O)OC(C)(C)C. The van der Waals surface area contributed by atoms with Crippen LogP contribution in [0.1, 0.15) is 63.4 Å². The van der Waals surface area contributed by atoms with Crippen LogP contribution >= 0.6 is 0 Å². The second-order valence-electron chi connectivity index (χ2n) is 6.20. The highest BCUT2D eigenvalue weighted by Gasteiger charge is 2.38. The van der Waals surface area contributed by atoms with Gasteiger partial charge in [0, 0.05) is 0 Å². The topological polar surface area (TPSA) is 53.3 Å². The van der Waals surface area contributed by atoms with Crippen molar-refractivity contribution in [3.8, 4) is 6.07 Å². The summed E-state index contributed by atoms with van der Waals surface area (Å²) >= 11 is 0. The van der Waals surface area contributed by atoms with E-state index in [1.54, 1.807) is 11.0 Å². The van der Waals surface area contributed by atoms with Crippen LogP contribution in [-0.4, -0.2) is 16.6 Å². The summed E-state index contributed by atoms with van der Waals surface area (Å²) < 4.78 is 5.47. The molecule has 1 aromatic rings. The van der Waals surface area contributed by atoms with Gasteiger partial charge in [-0.15, -0.1) is 0 Å². The van der Waals surface area contributed by atoms with Crippen molar-refractivity contribution in [3.63, 3.8) is 0 Å². The molecule has 0 fully saturated rings. The molecule has 0 bridgehead atoms. The third-order valence-electron chi connectivity index (χ3n) is 3.55. The van der Waals surface area contributed by atoms with Gasteiger partial charge in [0.25, 0.3) is 0 Å². The highest BCUT2D eigenvalue weighted by Crippen LogP contribution is 2.42. The number of carbonyl (C=O) groups excluding carboxylic acids is 1. The van der Waals surface area contributed by atoms with Crippen LogP contribution in [0, 0.1) is 11.3 Å². The minimum absolute atomic E-state index is 0.0393. The summed E-state index contributed by atoms with van der Waals surface area (Å²) in [5.41, 5.74) is 2.22. The third-order valence-corrected chi connectivity index (χ3v) is 3.55. The highest BCUT2D eigenvalue weighted by molar-refractivity contribution is 5.71. The van der Waals surface area contributed by atoms with E-state index in [0.717, 1.165) is 11.1 Å². The second-order valence-corrected chi connectivity index (χ2v) is 6.20. The van der Waals surface area contributed by atoms with Crippen molar-refractivity contribution < 1.29 is 9.53 Å². The molecule has 20 heavy (non-hydrogen) atoms. The zero-order valence-electron chi connectivity index (χ0n) is 12.6. The molecule has 1 aliphatic rings. The van der Waals surface area contributed by atoms with Crippen molar-refractivity contribution in [2.45, 2.75) is 52.3 Å². The minimum Gasteiger partial charge on any atom is -0.444 e. The van der Waals surface area contributed by atoms with Gasteiger partial charge in [-0.2, -0.15) is 5.26 Å². The zero-order chi connectivity index (χ0) is 15.1. The Morgan fingerprint density at radius 1 is 1.25 bits per heavy atom. The van der Waals surface area contributed by atoms with Gasteiger partial charge in [-0.25, -0.2) is 4.79 Å². The standard InChI is InChI=1S/C16H20N2O2/c1-10-13-7-6-12(9-17)8-14(13)11(2)18(10)15(19)20-16(3,4)5/h6-8,10-11H,1-5H3. The smallest absolute Gasteiger partial charge is 0.411 e. The normalized spacial score (nSPS) is 21.3. The van der Waals surface area contributed by atoms with E-state index in [1.807, 2.05) is 46.8 Å². The summed E-state index contributed by atoms with van der Waals surface area (Å²) in [6.07, 6.45) is -0.313. The molecular formula is C16H20N2O2. The van der Waals surface area contributed by atoms with E-state index in [-0.39, 0.29) is 18.2 Å². The quantitative estimate of drug-likeness (QED) is 0.719. The molecular weight excluding hydrogens is 252 g/mol. The number of hydrogen-bond acceptors (Lipinski definition) is 3. The molecule has 4 heteroatoms. The molecule has 1 heterocycles. The first kappa shape index (κ1) is 14.4. The summed E-state index contributed by atoms with van der Waals surface area (Å²) in [6, 6.07) is 7.60. The Morgan fingerprint density at radius 2 is 1.85 bits per heavy atom. The van der Waals surface area contributed by atoms with E-state index in [2.05, 4.69) is 6.07 Å². The number of benzene rings is 1. The Morgan fingerprint density at radius 3 is 2.40 bits per heavy atom. The van der Waals surface area contributed by atoms with Gasteiger partial charge in [0.2, 0.25) is 0 Å². The number of ether oxygens (including phenoxy) is 1. The lowest BCUT2D eigenvalue weighted by atomic mass is 10.0. The van der Waals surface area contributed by atoms with Crippen LogP contribution in [0.25, 0.3) is 0 Å². The van der Waals surface area contributed by atoms with Crippen molar-refractivity contribution in [2.24, 2.45) is 0 Å². The largest absolute Gasteiger partial charge is 0.444 e. The van der Waals surface area contributed by atoms with Crippen LogP contribution in [0.15, 0.2) is 18.2 Å². The van der Waals surface area contributed by atoms with Gasteiger partial charge in [-0.3, -0.25) is 4.90 Å². The van der Waals surface area contributed by atoms with Crippen LogP contribution in [0.3, 0.4) is 0 Å². The van der Waals surface area contributed by atoms with E-state index < -0.39 is 5.60 Å². The number of nitriles is 1. The van der Waals surface area contributed by atoms with Crippen LogP contribution in [0.5, 0.6) is 0 Å². The fourth-order valence-corrected chi connectivity index (χ4v) is 2.65. The summed E-state index contributed by atoms with van der Waals surface area (Å²) in [6.45, 7) is 9.53. The first-order valence-corrected chi connectivity index (χ1v) is 6.80. The van der Waals surface area contributed by atoms with Crippen LogP contribution in [0.4, 0.5) is 4.79 Å². The van der Waals surface area contributed by atoms with Crippen molar-refractivity contribution in [3.05, 3.63) is 34.9 Å². The van der Waals surface area contributed by atoms with E-state index in [1.165, 1.54) is 0 Å². The van der Waals surface area contributed by atoms with Gasteiger partial charge in [0.05, 0.1) is 23.7 Å². The maximum absolute atomic E-state index is 12.3. The maximum atomic E-state index is 12.3. The van der Waals surface area contributed by atoms with Gasteiger partial charge in [-0.05, 0) is 57.9 Å².